The summed E-state index contributed by atoms with van der Waals surface area (Å²) in [4.78, 5) is 10.7. The number of carboxylic acids is 1. The molecular weight excluding hydrogens is 240 g/mol. The maximum absolute atomic E-state index is 11.3. The van der Waals surface area contributed by atoms with E-state index in [0.717, 1.165) is 11.3 Å². The van der Waals surface area contributed by atoms with E-state index in [9.17, 15) is 13.2 Å². The second-order valence-corrected chi connectivity index (χ2v) is 4.99. The Labute approximate surface area is 91.1 Å². The van der Waals surface area contributed by atoms with E-state index in [0.29, 0.717) is 0 Å². The molecule has 0 saturated carbocycles. The molecule has 0 amide bonds. The molecule has 0 fully saturated rings. The second-order valence-electron chi connectivity index (χ2n) is 2.57. The molecule has 8 heteroatoms. The van der Waals surface area contributed by atoms with Crippen molar-refractivity contribution in [1.29, 1.82) is 0 Å². The topological polar surface area (TPSA) is 95.5 Å². The van der Waals surface area contributed by atoms with Gasteiger partial charge in [-0.15, -0.1) is 11.3 Å². The average molecular weight is 250 g/mol. The number of hydrogen-bond donors (Lipinski definition) is 3. The lowest BCUT2D eigenvalue weighted by Crippen LogP contribution is -2.30. The highest BCUT2D eigenvalue weighted by atomic mass is 32.2. The van der Waals surface area contributed by atoms with Gasteiger partial charge in [-0.3, -0.25) is 4.72 Å². The highest BCUT2D eigenvalue weighted by Crippen LogP contribution is 2.22. The third kappa shape index (κ3) is 3.18. The first-order valence-electron chi connectivity index (χ1n) is 4.04. The van der Waals surface area contributed by atoms with E-state index in [1.165, 1.54) is 11.4 Å². The fraction of sp³-hybridized carbons (Fsp3) is 0.286. The van der Waals surface area contributed by atoms with Crippen LogP contribution in [0.1, 0.15) is 16.6 Å². The zero-order valence-electron chi connectivity index (χ0n) is 7.85. The minimum absolute atomic E-state index is 0.0310. The lowest BCUT2D eigenvalue weighted by Gasteiger charge is -2.06. The molecule has 1 aromatic rings. The monoisotopic (exact) mass is 250 g/mol. The van der Waals surface area contributed by atoms with Gasteiger partial charge in [-0.25, -0.2) is 4.79 Å². The fourth-order valence-electron chi connectivity index (χ4n) is 0.926. The Morgan fingerprint density at radius 1 is 1.60 bits per heavy atom. The molecule has 0 bridgehead atoms. The lowest BCUT2D eigenvalue weighted by atomic mass is 10.4. The normalized spacial score (nSPS) is 11.3. The van der Waals surface area contributed by atoms with Gasteiger partial charge < -0.3 is 5.11 Å². The van der Waals surface area contributed by atoms with E-state index in [4.69, 9.17) is 5.11 Å². The Balaban J connectivity index is 2.90. The van der Waals surface area contributed by atoms with Gasteiger partial charge in [0.15, 0.2) is 0 Å². The molecule has 0 aliphatic heterocycles. The molecule has 84 valence electrons. The zero-order valence-corrected chi connectivity index (χ0v) is 9.48. The molecule has 15 heavy (non-hydrogen) atoms. The van der Waals surface area contributed by atoms with Crippen LogP contribution in [0.15, 0.2) is 11.4 Å². The van der Waals surface area contributed by atoms with Crippen molar-refractivity contribution in [2.75, 3.05) is 11.3 Å². The number of carbonyl (C=O) groups is 1. The standard InChI is InChI=1S/C7H10N2O4S2/c1-2-8-15(12,13)9-5-3-4-14-6(5)7(10)11/h3-4,8-9H,2H2,1H3,(H,10,11). The summed E-state index contributed by atoms with van der Waals surface area (Å²) < 4.78 is 26.9. The quantitative estimate of drug-likeness (QED) is 0.717. The van der Waals surface area contributed by atoms with Gasteiger partial charge in [0.1, 0.15) is 4.88 Å². The number of nitrogens with one attached hydrogen (secondary N) is 2. The van der Waals surface area contributed by atoms with Crippen LogP contribution in [0.4, 0.5) is 5.69 Å². The average Bonchev–Trinajstić information content (AvgIpc) is 2.50. The van der Waals surface area contributed by atoms with Gasteiger partial charge >= 0.3 is 5.97 Å². The largest absolute Gasteiger partial charge is 0.477 e. The molecule has 0 saturated heterocycles. The van der Waals surface area contributed by atoms with Crippen LogP contribution in [0.2, 0.25) is 0 Å². The van der Waals surface area contributed by atoms with Crippen molar-refractivity contribution in [1.82, 2.24) is 4.72 Å². The third-order valence-electron chi connectivity index (χ3n) is 1.44. The fourth-order valence-corrected chi connectivity index (χ4v) is 2.59. The number of hydrogen-bond acceptors (Lipinski definition) is 4. The van der Waals surface area contributed by atoms with Crippen molar-refractivity contribution in [2.45, 2.75) is 6.92 Å². The van der Waals surface area contributed by atoms with Crippen molar-refractivity contribution in [3.05, 3.63) is 16.3 Å². The van der Waals surface area contributed by atoms with Crippen LogP contribution in [0.5, 0.6) is 0 Å². The highest BCUT2D eigenvalue weighted by Gasteiger charge is 2.16. The minimum atomic E-state index is -3.67. The summed E-state index contributed by atoms with van der Waals surface area (Å²) in [5, 5.41) is 10.2. The van der Waals surface area contributed by atoms with Crippen molar-refractivity contribution < 1.29 is 18.3 Å². The molecule has 0 unspecified atom stereocenters. The van der Waals surface area contributed by atoms with Crippen LogP contribution in [0.25, 0.3) is 0 Å². The Morgan fingerprint density at radius 3 is 2.80 bits per heavy atom. The van der Waals surface area contributed by atoms with E-state index in [1.807, 2.05) is 0 Å². The first kappa shape index (κ1) is 12.0. The van der Waals surface area contributed by atoms with E-state index in [2.05, 4.69) is 9.44 Å². The van der Waals surface area contributed by atoms with Crippen molar-refractivity contribution in [3.8, 4) is 0 Å². The molecule has 0 aliphatic carbocycles. The predicted octanol–water partition coefficient (Wildman–Crippen LogP) is 0.712. The Bertz CT molecular complexity index is 451. The summed E-state index contributed by atoms with van der Waals surface area (Å²) in [6.07, 6.45) is 0. The summed E-state index contributed by atoms with van der Waals surface area (Å²) in [5.41, 5.74) is 0.0773. The van der Waals surface area contributed by atoms with Crippen molar-refractivity contribution >= 4 is 33.2 Å². The third-order valence-corrected chi connectivity index (χ3v) is 3.50. The SMILES string of the molecule is CCNS(=O)(=O)Nc1ccsc1C(=O)O. The smallest absolute Gasteiger partial charge is 0.348 e. The summed E-state index contributed by atoms with van der Waals surface area (Å²) in [7, 11) is -3.67. The van der Waals surface area contributed by atoms with E-state index in [1.54, 1.807) is 6.92 Å². The molecule has 0 spiro atoms. The molecule has 0 aliphatic rings. The maximum atomic E-state index is 11.3. The van der Waals surface area contributed by atoms with Gasteiger partial charge in [0, 0.05) is 6.54 Å². The van der Waals surface area contributed by atoms with Crippen LogP contribution < -0.4 is 9.44 Å². The van der Waals surface area contributed by atoms with Gasteiger partial charge in [0.2, 0.25) is 0 Å². The van der Waals surface area contributed by atoms with Gasteiger partial charge in [-0.1, -0.05) is 6.92 Å². The molecule has 6 nitrogen and oxygen atoms in total. The molecule has 3 N–H and O–H groups in total. The Hall–Kier alpha value is -1.12. The van der Waals surface area contributed by atoms with Gasteiger partial charge in [0.05, 0.1) is 5.69 Å². The van der Waals surface area contributed by atoms with Crippen LogP contribution in [-0.2, 0) is 10.2 Å². The van der Waals surface area contributed by atoms with Crippen molar-refractivity contribution in [2.24, 2.45) is 0 Å². The van der Waals surface area contributed by atoms with Gasteiger partial charge in [-0.05, 0) is 11.4 Å². The first-order valence-corrected chi connectivity index (χ1v) is 6.40. The van der Waals surface area contributed by atoms with E-state index < -0.39 is 16.2 Å². The molecule has 0 radical (unpaired) electrons. The summed E-state index contributed by atoms with van der Waals surface area (Å²) in [5.74, 6) is -1.15. The van der Waals surface area contributed by atoms with Gasteiger partial charge in [-0.2, -0.15) is 13.1 Å². The lowest BCUT2D eigenvalue weighted by molar-refractivity contribution is 0.0703. The van der Waals surface area contributed by atoms with Crippen LogP contribution >= 0.6 is 11.3 Å². The highest BCUT2D eigenvalue weighted by molar-refractivity contribution is 7.90. The van der Waals surface area contributed by atoms with Crippen molar-refractivity contribution in [3.63, 3.8) is 0 Å². The zero-order chi connectivity index (χ0) is 11.5. The minimum Gasteiger partial charge on any atom is -0.477 e. The molecule has 1 heterocycles. The summed E-state index contributed by atoms with van der Waals surface area (Å²) >= 11 is 0.962. The molecule has 1 aromatic heterocycles. The molecule has 0 atom stereocenters. The predicted molar refractivity (Wildman–Crippen MR) is 57.5 cm³/mol. The van der Waals surface area contributed by atoms with Crippen LogP contribution in [-0.4, -0.2) is 26.0 Å². The summed E-state index contributed by atoms with van der Waals surface area (Å²) in [6, 6.07) is 1.41. The molecular formula is C7H10N2O4S2. The molecule has 0 aromatic carbocycles. The number of rotatable bonds is 5. The van der Waals surface area contributed by atoms with Crippen LogP contribution in [0, 0.1) is 0 Å². The molecule has 1 rings (SSSR count). The second kappa shape index (κ2) is 4.60. The first-order chi connectivity index (χ1) is 6.96. The number of thiophene rings is 1. The van der Waals surface area contributed by atoms with E-state index in [-0.39, 0.29) is 17.1 Å². The van der Waals surface area contributed by atoms with Gasteiger partial charge in [0.25, 0.3) is 10.2 Å². The van der Waals surface area contributed by atoms with E-state index >= 15 is 0 Å². The number of aromatic carboxylic acids is 1. The maximum Gasteiger partial charge on any atom is 0.348 e. The Morgan fingerprint density at radius 2 is 2.27 bits per heavy atom. The van der Waals surface area contributed by atoms with Crippen LogP contribution in [0.3, 0.4) is 0 Å². The summed E-state index contributed by atoms with van der Waals surface area (Å²) in [6.45, 7) is 1.87. The number of carboxylic acid groups (broad SMARTS) is 1. The Kier molecular flexibility index (Phi) is 3.66. The number of anilines is 1.